The summed E-state index contributed by atoms with van der Waals surface area (Å²) in [6.07, 6.45) is -1.36. The van der Waals surface area contributed by atoms with E-state index in [1.165, 1.54) is 18.2 Å². The van der Waals surface area contributed by atoms with E-state index in [1.54, 1.807) is 11.7 Å². The number of hydrogen-bond donors (Lipinski definition) is 2. The molecule has 1 aromatic carbocycles. The predicted octanol–water partition coefficient (Wildman–Crippen LogP) is 3.02. The van der Waals surface area contributed by atoms with Crippen LogP contribution in [-0.4, -0.2) is 20.8 Å². The topological polar surface area (TPSA) is 67.2 Å². The highest BCUT2D eigenvalue weighted by molar-refractivity contribution is 6.34. The van der Waals surface area contributed by atoms with Crippen molar-refractivity contribution in [3.05, 3.63) is 45.1 Å². The molecular weight excluding hydrogens is 313 g/mol. The molecule has 2 aromatic rings. The summed E-state index contributed by atoms with van der Waals surface area (Å²) in [5.74, 6) is -0.0240. The molecule has 5 nitrogen and oxygen atoms in total. The lowest BCUT2D eigenvalue weighted by Gasteiger charge is -2.13. The van der Waals surface area contributed by atoms with Crippen molar-refractivity contribution in [1.29, 1.82) is 0 Å². The van der Waals surface area contributed by atoms with Gasteiger partial charge in [-0.3, -0.25) is 9.48 Å². The van der Waals surface area contributed by atoms with E-state index in [2.05, 4.69) is 10.4 Å². The summed E-state index contributed by atoms with van der Waals surface area (Å²) in [5, 5.41) is 17.7. The van der Waals surface area contributed by atoms with Crippen molar-refractivity contribution >= 4 is 34.9 Å². The molecule has 0 aliphatic heterocycles. The van der Waals surface area contributed by atoms with E-state index in [1.807, 2.05) is 13.8 Å². The van der Waals surface area contributed by atoms with Gasteiger partial charge < -0.3 is 10.4 Å². The Labute approximate surface area is 132 Å². The summed E-state index contributed by atoms with van der Waals surface area (Å²) in [7, 11) is 1.72. The van der Waals surface area contributed by atoms with Crippen LogP contribution >= 0.6 is 23.2 Å². The molecule has 1 aromatic heterocycles. The van der Waals surface area contributed by atoms with Crippen LogP contribution in [0.2, 0.25) is 10.0 Å². The van der Waals surface area contributed by atoms with Crippen LogP contribution in [0.25, 0.3) is 0 Å². The molecule has 0 aliphatic rings. The summed E-state index contributed by atoms with van der Waals surface area (Å²) >= 11 is 11.7. The molecule has 2 rings (SSSR count). The van der Waals surface area contributed by atoms with Crippen LogP contribution in [0.4, 0.5) is 5.82 Å². The molecule has 1 atom stereocenters. The van der Waals surface area contributed by atoms with Crippen LogP contribution in [0.1, 0.15) is 22.9 Å². The highest BCUT2D eigenvalue weighted by atomic mass is 35.5. The van der Waals surface area contributed by atoms with E-state index in [0.29, 0.717) is 21.4 Å². The Hall–Kier alpha value is -1.56. The van der Waals surface area contributed by atoms with Crippen LogP contribution in [0.3, 0.4) is 0 Å². The summed E-state index contributed by atoms with van der Waals surface area (Å²) < 4.78 is 1.56. The van der Waals surface area contributed by atoms with Gasteiger partial charge in [-0.2, -0.15) is 5.10 Å². The van der Waals surface area contributed by atoms with Gasteiger partial charge in [-0.25, -0.2) is 0 Å². The monoisotopic (exact) mass is 327 g/mol. The number of aliphatic hydroxyl groups excluding tert-OH is 1. The molecule has 112 valence electrons. The number of amides is 1. The van der Waals surface area contributed by atoms with Gasteiger partial charge in [-0.15, -0.1) is 0 Å². The predicted molar refractivity (Wildman–Crippen MR) is 82.7 cm³/mol. The van der Waals surface area contributed by atoms with Crippen molar-refractivity contribution in [2.45, 2.75) is 20.0 Å². The number of carbonyl (C=O) groups is 1. The number of rotatable bonds is 3. The fraction of sp³-hybridized carbons (Fsp3) is 0.286. The number of benzene rings is 1. The second-order valence-corrected chi connectivity index (χ2v) is 5.65. The standard InChI is InChI=1S/C14H15Cl2N3O2/c1-7-8(2)18-19(3)13(7)17-14(21)12(20)9-4-10(15)6-11(16)5-9/h4-6,12,20H,1-3H3,(H,17,21). The number of carbonyl (C=O) groups excluding carboxylic acids is 1. The molecule has 1 amide bonds. The van der Waals surface area contributed by atoms with Gasteiger partial charge in [0.1, 0.15) is 5.82 Å². The lowest BCUT2D eigenvalue weighted by molar-refractivity contribution is -0.124. The fourth-order valence-corrected chi connectivity index (χ4v) is 2.55. The first-order valence-corrected chi connectivity index (χ1v) is 7.00. The Morgan fingerprint density at radius 1 is 1.29 bits per heavy atom. The normalized spacial score (nSPS) is 12.3. The van der Waals surface area contributed by atoms with Crippen molar-refractivity contribution in [2.24, 2.45) is 7.05 Å². The van der Waals surface area contributed by atoms with E-state index < -0.39 is 12.0 Å². The molecule has 21 heavy (non-hydrogen) atoms. The average molecular weight is 328 g/mol. The van der Waals surface area contributed by atoms with Crippen molar-refractivity contribution in [3.8, 4) is 0 Å². The molecule has 0 fully saturated rings. The minimum Gasteiger partial charge on any atom is -0.378 e. The van der Waals surface area contributed by atoms with Crippen LogP contribution in [0, 0.1) is 13.8 Å². The highest BCUT2D eigenvalue weighted by Crippen LogP contribution is 2.25. The summed E-state index contributed by atoms with van der Waals surface area (Å²) in [6, 6.07) is 4.53. The number of nitrogens with zero attached hydrogens (tertiary/aromatic N) is 2. The van der Waals surface area contributed by atoms with E-state index >= 15 is 0 Å². The Kier molecular flexibility index (Phi) is 4.56. The Morgan fingerprint density at radius 2 is 1.86 bits per heavy atom. The Balaban J connectivity index is 2.23. The van der Waals surface area contributed by atoms with Crippen LogP contribution in [0.15, 0.2) is 18.2 Å². The first-order valence-electron chi connectivity index (χ1n) is 6.24. The molecule has 0 aliphatic carbocycles. The third-order valence-corrected chi connectivity index (χ3v) is 3.65. The number of aryl methyl sites for hydroxylation is 2. The number of anilines is 1. The minimum absolute atomic E-state index is 0.335. The smallest absolute Gasteiger partial charge is 0.258 e. The Morgan fingerprint density at radius 3 is 2.33 bits per heavy atom. The molecule has 0 radical (unpaired) electrons. The van der Waals surface area contributed by atoms with Crippen LogP contribution in [0.5, 0.6) is 0 Å². The summed E-state index contributed by atoms with van der Waals surface area (Å²) in [5.41, 5.74) is 2.00. The SMILES string of the molecule is Cc1nn(C)c(NC(=O)C(O)c2cc(Cl)cc(Cl)c2)c1C. The maximum absolute atomic E-state index is 12.2. The maximum atomic E-state index is 12.2. The van der Waals surface area contributed by atoms with Crippen molar-refractivity contribution in [3.63, 3.8) is 0 Å². The second kappa shape index (κ2) is 6.05. The lowest BCUT2D eigenvalue weighted by atomic mass is 10.1. The van der Waals surface area contributed by atoms with E-state index in [9.17, 15) is 9.90 Å². The number of hydrogen-bond acceptors (Lipinski definition) is 3. The summed E-state index contributed by atoms with van der Waals surface area (Å²) in [4.78, 5) is 12.2. The molecule has 0 spiro atoms. The first-order chi connectivity index (χ1) is 9.79. The highest BCUT2D eigenvalue weighted by Gasteiger charge is 2.21. The quantitative estimate of drug-likeness (QED) is 0.910. The molecule has 1 unspecified atom stereocenters. The van der Waals surface area contributed by atoms with Gasteiger partial charge in [0.15, 0.2) is 6.10 Å². The van der Waals surface area contributed by atoms with Crippen LogP contribution in [-0.2, 0) is 11.8 Å². The third kappa shape index (κ3) is 3.37. The fourth-order valence-electron chi connectivity index (χ4n) is 2.01. The van der Waals surface area contributed by atoms with Crippen LogP contribution < -0.4 is 5.32 Å². The molecule has 0 bridgehead atoms. The van der Waals surface area contributed by atoms with Crippen molar-refractivity contribution in [2.75, 3.05) is 5.32 Å². The maximum Gasteiger partial charge on any atom is 0.258 e. The zero-order valence-electron chi connectivity index (χ0n) is 11.8. The molecule has 1 heterocycles. The number of nitrogens with one attached hydrogen (secondary N) is 1. The van der Waals surface area contributed by atoms with E-state index in [0.717, 1.165) is 11.3 Å². The molecule has 0 saturated heterocycles. The molecule has 2 N–H and O–H groups in total. The van der Waals surface area contributed by atoms with E-state index in [4.69, 9.17) is 23.2 Å². The third-order valence-electron chi connectivity index (χ3n) is 3.21. The first kappa shape index (κ1) is 15.8. The zero-order chi connectivity index (χ0) is 15.7. The minimum atomic E-state index is -1.36. The van der Waals surface area contributed by atoms with Gasteiger partial charge in [-0.05, 0) is 37.6 Å². The van der Waals surface area contributed by atoms with Gasteiger partial charge in [-0.1, -0.05) is 23.2 Å². The molecule has 7 heteroatoms. The van der Waals surface area contributed by atoms with Crippen molar-refractivity contribution < 1.29 is 9.90 Å². The van der Waals surface area contributed by atoms with Gasteiger partial charge in [0, 0.05) is 22.7 Å². The summed E-state index contributed by atoms with van der Waals surface area (Å²) in [6.45, 7) is 3.69. The Bertz CT molecular complexity index is 678. The van der Waals surface area contributed by atoms with Crippen molar-refractivity contribution in [1.82, 2.24) is 9.78 Å². The van der Waals surface area contributed by atoms with Gasteiger partial charge >= 0.3 is 0 Å². The van der Waals surface area contributed by atoms with Gasteiger partial charge in [0.25, 0.3) is 5.91 Å². The molecular formula is C14H15Cl2N3O2. The molecule has 0 saturated carbocycles. The number of halogens is 2. The number of aliphatic hydroxyl groups is 1. The number of aromatic nitrogens is 2. The van der Waals surface area contributed by atoms with Gasteiger partial charge in [0.2, 0.25) is 0 Å². The largest absolute Gasteiger partial charge is 0.378 e. The van der Waals surface area contributed by atoms with E-state index in [-0.39, 0.29) is 0 Å². The average Bonchev–Trinajstić information content (AvgIpc) is 2.63. The van der Waals surface area contributed by atoms with Gasteiger partial charge in [0.05, 0.1) is 5.69 Å². The lowest BCUT2D eigenvalue weighted by Crippen LogP contribution is -2.22. The second-order valence-electron chi connectivity index (χ2n) is 4.78. The zero-order valence-corrected chi connectivity index (χ0v) is 13.3.